The maximum Gasteiger partial charge on any atom is 0.422 e. The van der Waals surface area contributed by atoms with Gasteiger partial charge in [-0.1, -0.05) is 18.2 Å². The Balaban J connectivity index is 1.54. The van der Waals surface area contributed by atoms with Crippen LogP contribution in [0, 0.1) is 0 Å². The average Bonchev–Trinajstić information content (AvgIpc) is 2.76. The number of amides is 1. The van der Waals surface area contributed by atoms with Gasteiger partial charge < -0.3 is 4.74 Å². The van der Waals surface area contributed by atoms with Crippen molar-refractivity contribution in [2.75, 3.05) is 18.6 Å². The molecule has 30 heavy (non-hydrogen) atoms. The highest BCUT2D eigenvalue weighted by Crippen LogP contribution is 2.40. The van der Waals surface area contributed by atoms with Crippen LogP contribution in [0.25, 0.3) is 11.3 Å². The van der Waals surface area contributed by atoms with E-state index >= 15 is 0 Å². The monoisotopic (exact) mass is 431 g/mol. The Morgan fingerprint density at radius 2 is 1.90 bits per heavy atom. The minimum Gasteiger partial charge on any atom is -0.484 e. The fourth-order valence-electron chi connectivity index (χ4n) is 2.98. The molecule has 1 aliphatic rings. The SMILES string of the molecule is CN(C(=O)c1ccc(OCC(F)(F)F)cc1)c1ncc2c(n1)-c1ccccc1SC2. The van der Waals surface area contributed by atoms with E-state index in [4.69, 9.17) is 0 Å². The number of rotatable bonds is 4. The molecule has 3 aromatic rings. The van der Waals surface area contributed by atoms with Crippen LogP contribution in [0.4, 0.5) is 19.1 Å². The highest BCUT2D eigenvalue weighted by Gasteiger charge is 2.28. The molecule has 0 spiro atoms. The van der Waals surface area contributed by atoms with Crippen molar-refractivity contribution in [3.05, 3.63) is 65.9 Å². The maximum atomic E-state index is 12.8. The molecule has 1 aromatic heterocycles. The largest absolute Gasteiger partial charge is 0.484 e. The molecule has 1 amide bonds. The number of hydrogen-bond acceptors (Lipinski definition) is 5. The molecule has 5 nitrogen and oxygen atoms in total. The molecule has 0 saturated carbocycles. The summed E-state index contributed by atoms with van der Waals surface area (Å²) in [5.74, 6) is 0.656. The summed E-state index contributed by atoms with van der Waals surface area (Å²) < 4.78 is 41.4. The molecule has 2 heterocycles. The van der Waals surface area contributed by atoms with E-state index in [-0.39, 0.29) is 23.2 Å². The van der Waals surface area contributed by atoms with Crippen molar-refractivity contribution in [3.8, 4) is 17.0 Å². The Hall–Kier alpha value is -3.07. The number of thioether (sulfide) groups is 1. The number of nitrogens with zero attached hydrogens (tertiary/aromatic N) is 3. The van der Waals surface area contributed by atoms with E-state index in [1.54, 1.807) is 25.0 Å². The minimum atomic E-state index is -4.42. The number of carbonyl (C=O) groups excluding carboxylic acids is 1. The van der Waals surface area contributed by atoms with Gasteiger partial charge in [-0.3, -0.25) is 9.69 Å². The quantitative estimate of drug-likeness (QED) is 0.584. The summed E-state index contributed by atoms with van der Waals surface area (Å²) >= 11 is 1.71. The lowest BCUT2D eigenvalue weighted by atomic mass is 10.1. The van der Waals surface area contributed by atoms with Gasteiger partial charge in [0.15, 0.2) is 6.61 Å². The number of hydrogen-bond donors (Lipinski definition) is 0. The number of aromatic nitrogens is 2. The zero-order chi connectivity index (χ0) is 21.3. The van der Waals surface area contributed by atoms with Gasteiger partial charge in [0.25, 0.3) is 5.91 Å². The van der Waals surface area contributed by atoms with Crippen molar-refractivity contribution in [3.63, 3.8) is 0 Å². The first-order valence-electron chi connectivity index (χ1n) is 8.97. The minimum absolute atomic E-state index is 0.0330. The van der Waals surface area contributed by atoms with Crippen LogP contribution >= 0.6 is 11.8 Å². The zero-order valence-electron chi connectivity index (χ0n) is 15.8. The number of carbonyl (C=O) groups is 1. The predicted octanol–water partition coefficient (Wildman–Crippen LogP) is 4.97. The molecule has 2 aromatic carbocycles. The Morgan fingerprint density at radius 1 is 1.17 bits per heavy atom. The van der Waals surface area contributed by atoms with Crippen LogP contribution in [-0.4, -0.2) is 35.7 Å². The van der Waals surface area contributed by atoms with Gasteiger partial charge in [0.05, 0.1) is 5.69 Å². The van der Waals surface area contributed by atoms with Gasteiger partial charge in [0.1, 0.15) is 5.75 Å². The third-order valence-electron chi connectivity index (χ3n) is 4.49. The first-order chi connectivity index (χ1) is 14.3. The number of halogens is 3. The Morgan fingerprint density at radius 3 is 2.63 bits per heavy atom. The average molecular weight is 431 g/mol. The van der Waals surface area contributed by atoms with Crippen LogP contribution in [0.5, 0.6) is 5.75 Å². The van der Waals surface area contributed by atoms with Crippen molar-refractivity contribution < 1.29 is 22.7 Å². The topological polar surface area (TPSA) is 55.3 Å². The third kappa shape index (κ3) is 4.25. The van der Waals surface area contributed by atoms with Gasteiger partial charge in [-0.05, 0) is 30.3 Å². The van der Waals surface area contributed by atoms with E-state index in [1.807, 2.05) is 24.3 Å². The second kappa shape index (κ2) is 7.98. The van der Waals surface area contributed by atoms with Crippen molar-refractivity contribution in [1.82, 2.24) is 9.97 Å². The van der Waals surface area contributed by atoms with Crippen LogP contribution in [-0.2, 0) is 5.75 Å². The highest BCUT2D eigenvalue weighted by molar-refractivity contribution is 7.98. The predicted molar refractivity (Wildman–Crippen MR) is 108 cm³/mol. The van der Waals surface area contributed by atoms with E-state index in [0.29, 0.717) is 0 Å². The molecule has 0 bridgehead atoms. The summed E-state index contributed by atoms with van der Waals surface area (Å²) in [5.41, 5.74) is 3.08. The van der Waals surface area contributed by atoms with Crippen LogP contribution in [0.15, 0.2) is 59.6 Å². The van der Waals surface area contributed by atoms with Crippen molar-refractivity contribution >= 4 is 23.6 Å². The smallest absolute Gasteiger partial charge is 0.422 e. The van der Waals surface area contributed by atoms with E-state index in [1.165, 1.54) is 29.2 Å². The summed E-state index contributed by atoms with van der Waals surface area (Å²) in [7, 11) is 1.56. The van der Waals surface area contributed by atoms with Gasteiger partial charge >= 0.3 is 6.18 Å². The summed E-state index contributed by atoms with van der Waals surface area (Å²) in [6, 6.07) is 13.4. The molecule has 0 fully saturated rings. The van der Waals surface area contributed by atoms with Crippen LogP contribution in [0.3, 0.4) is 0 Å². The van der Waals surface area contributed by atoms with Crippen LogP contribution in [0.1, 0.15) is 15.9 Å². The molecule has 154 valence electrons. The Bertz CT molecular complexity index is 1090. The normalized spacial score (nSPS) is 12.7. The van der Waals surface area contributed by atoms with E-state index in [2.05, 4.69) is 14.7 Å². The number of anilines is 1. The molecule has 9 heteroatoms. The molecular formula is C21H16F3N3O2S. The molecule has 1 aliphatic heterocycles. The number of fused-ring (bicyclic) bond motifs is 3. The molecular weight excluding hydrogens is 415 g/mol. The summed E-state index contributed by atoms with van der Waals surface area (Å²) in [6.07, 6.45) is -2.70. The number of ether oxygens (including phenoxy) is 1. The number of alkyl halides is 3. The fraction of sp³-hybridized carbons (Fsp3) is 0.190. The third-order valence-corrected chi connectivity index (χ3v) is 5.61. The van der Waals surface area contributed by atoms with Crippen molar-refractivity contribution in [1.29, 1.82) is 0 Å². The van der Waals surface area contributed by atoms with Crippen molar-refractivity contribution in [2.45, 2.75) is 16.8 Å². The lowest BCUT2D eigenvalue weighted by Gasteiger charge is -2.21. The standard InChI is InChI=1S/C21H16F3N3O2S/c1-27(19(28)13-6-8-15(9-7-13)29-12-21(22,23)24)20-25-10-14-11-30-17-5-3-2-4-16(17)18(14)26-20/h2-10H,11-12H2,1H3. The summed E-state index contributed by atoms with van der Waals surface area (Å²) in [5, 5.41) is 0. The first kappa shape index (κ1) is 20.2. The van der Waals surface area contributed by atoms with Gasteiger partial charge in [0, 0.05) is 40.6 Å². The first-order valence-corrected chi connectivity index (χ1v) is 9.96. The second-order valence-electron chi connectivity index (χ2n) is 6.62. The number of benzene rings is 2. The Kier molecular flexibility index (Phi) is 5.38. The molecule has 0 saturated heterocycles. The second-order valence-corrected chi connectivity index (χ2v) is 7.64. The van der Waals surface area contributed by atoms with Crippen molar-refractivity contribution in [2.24, 2.45) is 0 Å². The van der Waals surface area contributed by atoms with Crippen LogP contribution in [0.2, 0.25) is 0 Å². The van der Waals surface area contributed by atoms with Gasteiger partial charge in [0.2, 0.25) is 5.95 Å². The fourth-order valence-corrected chi connectivity index (χ4v) is 4.00. The van der Waals surface area contributed by atoms with E-state index < -0.39 is 12.8 Å². The van der Waals surface area contributed by atoms with Crippen LogP contribution < -0.4 is 9.64 Å². The molecule has 0 aliphatic carbocycles. The van der Waals surface area contributed by atoms with Gasteiger partial charge in [-0.2, -0.15) is 13.2 Å². The molecule has 0 atom stereocenters. The lowest BCUT2D eigenvalue weighted by molar-refractivity contribution is -0.153. The zero-order valence-corrected chi connectivity index (χ0v) is 16.6. The maximum absolute atomic E-state index is 12.8. The summed E-state index contributed by atoms with van der Waals surface area (Å²) in [4.78, 5) is 24.2. The van der Waals surface area contributed by atoms with E-state index in [9.17, 15) is 18.0 Å². The highest BCUT2D eigenvalue weighted by atomic mass is 32.2. The molecule has 4 rings (SSSR count). The molecule has 0 radical (unpaired) electrons. The Labute approximate surface area is 174 Å². The molecule has 0 unspecified atom stereocenters. The summed E-state index contributed by atoms with van der Waals surface area (Å²) in [6.45, 7) is -1.39. The molecule has 0 N–H and O–H groups in total. The van der Waals surface area contributed by atoms with Gasteiger partial charge in [-0.15, -0.1) is 11.8 Å². The van der Waals surface area contributed by atoms with Gasteiger partial charge in [-0.25, -0.2) is 9.97 Å². The van der Waals surface area contributed by atoms with E-state index in [0.717, 1.165) is 27.5 Å². The lowest BCUT2D eigenvalue weighted by Crippen LogP contribution is -2.28.